The Labute approximate surface area is 161 Å². The molecule has 2 rings (SSSR count). The van der Waals surface area contributed by atoms with Crippen LogP contribution in [0.25, 0.3) is 0 Å². The molecule has 0 aliphatic rings. The van der Waals surface area contributed by atoms with Gasteiger partial charge in [-0.15, -0.1) is 0 Å². The van der Waals surface area contributed by atoms with Gasteiger partial charge in [-0.1, -0.05) is 51.1 Å². The van der Waals surface area contributed by atoms with E-state index >= 15 is 0 Å². The molecule has 4 N–H and O–H groups in total. The maximum Gasteiger partial charge on any atom is 0.238 e. The summed E-state index contributed by atoms with van der Waals surface area (Å²) in [5, 5.41) is 11.1. The fourth-order valence-electron chi connectivity index (χ4n) is 2.86. The van der Waals surface area contributed by atoms with Crippen molar-refractivity contribution in [2.75, 3.05) is 11.9 Å². The lowest BCUT2D eigenvalue weighted by Gasteiger charge is -2.23. The molecule has 0 unspecified atom stereocenters. The maximum absolute atomic E-state index is 12.3. The van der Waals surface area contributed by atoms with Crippen molar-refractivity contribution in [1.29, 1.82) is 0 Å². The summed E-state index contributed by atoms with van der Waals surface area (Å²) in [7, 11) is -3.81. The van der Waals surface area contributed by atoms with Gasteiger partial charge in [0.05, 0.1) is 11.4 Å². The second-order valence-electron chi connectivity index (χ2n) is 6.82. The summed E-state index contributed by atoms with van der Waals surface area (Å²) in [4.78, 5) is 12.2. The van der Waals surface area contributed by atoms with E-state index in [-0.39, 0.29) is 23.4 Å². The van der Waals surface area contributed by atoms with Crippen LogP contribution in [0.5, 0.6) is 0 Å². The van der Waals surface area contributed by atoms with E-state index in [1.807, 2.05) is 0 Å². The average Bonchev–Trinajstić information content (AvgIpc) is 2.61. The molecule has 6 nitrogen and oxygen atoms in total. The molecule has 2 aromatic rings. The smallest absolute Gasteiger partial charge is 0.238 e. The van der Waals surface area contributed by atoms with Crippen LogP contribution < -0.4 is 15.8 Å². The first kappa shape index (κ1) is 21.1. The molecule has 0 saturated heterocycles. The van der Waals surface area contributed by atoms with E-state index in [1.54, 1.807) is 6.07 Å². The number of carbonyl (C=O) groups is 1. The normalized spacial score (nSPS) is 12.8. The molecular weight excluding hydrogens is 362 g/mol. The monoisotopic (exact) mass is 389 g/mol. The number of primary sulfonamides is 1. The predicted octanol–water partition coefficient (Wildman–Crippen LogP) is 2.82. The zero-order valence-electron chi connectivity index (χ0n) is 15.9. The largest absolute Gasteiger partial charge is 0.325 e. The molecular formula is C20H27N3O3S. The van der Waals surface area contributed by atoms with Gasteiger partial charge < -0.3 is 10.6 Å². The second kappa shape index (κ2) is 9.12. The van der Waals surface area contributed by atoms with Crippen molar-refractivity contribution in [3.63, 3.8) is 0 Å². The summed E-state index contributed by atoms with van der Waals surface area (Å²) >= 11 is 0. The molecule has 0 aromatic heterocycles. The Bertz CT molecular complexity index is 878. The van der Waals surface area contributed by atoms with Crippen LogP contribution in [-0.2, 0) is 21.2 Å². The van der Waals surface area contributed by atoms with Crippen molar-refractivity contribution in [3.05, 3.63) is 59.7 Å². The quantitative estimate of drug-likeness (QED) is 0.646. The Morgan fingerprint density at radius 1 is 1.11 bits per heavy atom. The summed E-state index contributed by atoms with van der Waals surface area (Å²) in [6, 6.07) is 14.3. The molecule has 0 heterocycles. The number of nitrogens with two attached hydrogens (primary N) is 1. The van der Waals surface area contributed by atoms with Crippen LogP contribution in [0.15, 0.2) is 53.4 Å². The van der Waals surface area contributed by atoms with E-state index in [9.17, 15) is 13.2 Å². The van der Waals surface area contributed by atoms with Crippen molar-refractivity contribution >= 4 is 21.6 Å². The van der Waals surface area contributed by atoms with Crippen LogP contribution in [0, 0.1) is 5.92 Å². The van der Waals surface area contributed by atoms with Gasteiger partial charge in [0.1, 0.15) is 0 Å². The highest BCUT2D eigenvalue weighted by Crippen LogP contribution is 2.22. The fraction of sp³-hybridized carbons (Fsp3) is 0.350. The molecule has 0 radical (unpaired) electrons. The second-order valence-corrected chi connectivity index (χ2v) is 8.38. The highest BCUT2D eigenvalue weighted by Gasteiger charge is 2.17. The topological polar surface area (TPSA) is 101 Å². The van der Waals surface area contributed by atoms with Gasteiger partial charge in [-0.3, -0.25) is 4.79 Å². The lowest BCUT2D eigenvalue weighted by molar-refractivity contribution is -0.115. The van der Waals surface area contributed by atoms with Gasteiger partial charge in [0.25, 0.3) is 0 Å². The van der Waals surface area contributed by atoms with E-state index in [0.717, 1.165) is 12.0 Å². The SMILES string of the molecule is CCc1ccc([C@@H](NCC(=O)Nc2cccc(S(N)(=O)=O)c2)C(C)C)cc1. The molecule has 1 amide bonds. The zero-order valence-corrected chi connectivity index (χ0v) is 16.7. The lowest BCUT2D eigenvalue weighted by Crippen LogP contribution is -2.33. The minimum atomic E-state index is -3.81. The van der Waals surface area contributed by atoms with Gasteiger partial charge in [-0.25, -0.2) is 13.6 Å². The Hall–Kier alpha value is -2.22. The number of hydrogen-bond acceptors (Lipinski definition) is 4. The molecule has 0 fully saturated rings. The molecule has 1 atom stereocenters. The van der Waals surface area contributed by atoms with E-state index in [1.165, 1.54) is 23.8 Å². The Balaban J connectivity index is 2.01. The van der Waals surface area contributed by atoms with Gasteiger partial charge >= 0.3 is 0 Å². The van der Waals surface area contributed by atoms with E-state index in [0.29, 0.717) is 11.6 Å². The van der Waals surface area contributed by atoms with Crippen LogP contribution in [0.4, 0.5) is 5.69 Å². The molecule has 0 bridgehead atoms. The summed E-state index contributed by atoms with van der Waals surface area (Å²) in [5.41, 5.74) is 2.79. The molecule has 7 heteroatoms. The lowest BCUT2D eigenvalue weighted by atomic mass is 9.95. The minimum Gasteiger partial charge on any atom is -0.325 e. The van der Waals surface area contributed by atoms with Gasteiger partial charge in [0.2, 0.25) is 15.9 Å². The summed E-state index contributed by atoms with van der Waals surface area (Å²) < 4.78 is 22.8. The Morgan fingerprint density at radius 2 is 1.78 bits per heavy atom. The van der Waals surface area contributed by atoms with Crippen molar-refractivity contribution < 1.29 is 13.2 Å². The standard InChI is InChI=1S/C20H27N3O3S/c1-4-15-8-10-16(11-9-15)20(14(2)3)22-13-19(24)23-17-6-5-7-18(12-17)27(21,25)26/h5-12,14,20,22H,4,13H2,1-3H3,(H,23,24)(H2,21,25,26)/t20-/m0/s1. The number of anilines is 1. The third-order valence-corrected chi connectivity index (χ3v) is 5.25. The van der Waals surface area contributed by atoms with Crippen LogP contribution in [0.1, 0.15) is 37.9 Å². The number of aryl methyl sites for hydroxylation is 1. The highest BCUT2D eigenvalue weighted by atomic mass is 32.2. The van der Waals surface area contributed by atoms with Gasteiger partial charge in [-0.05, 0) is 41.7 Å². The summed E-state index contributed by atoms with van der Waals surface area (Å²) in [6.45, 7) is 6.41. The summed E-state index contributed by atoms with van der Waals surface area (Å²) in [5.74, 6) is 0.0494. The van der Waals surface area contributed by atoms with Gasteiger partial charge in [-0.2, -0.15) is 0 Å². The zero-order chi connectivity index (χ0) is 20.0. The van der Waals surface area contributed by atoms with E-state index in [4.69, 9.17) is 5.14 Å². The maximum atomic E-state index is 12.3. The first-order valence-electron chi connectivity index (χ1n) is 8.95. The first-order chi connectivity index (χ1) is 12.7. The third-order valence-electron chi connectivity index (χ3n) is 4.34. The van der Waals surface area contributed by atoms with E-state index < -0.39 is 10.0 Å². The van der Waals surface area contributed by atoms with Crippen molar-refractivity contribution in [1.82, 2.24) is 5.32 Å². The van der Waals surface area contributed by atoms with Crippen molar-refractivity contribution in [2.45, 2.75) is 38.1 Å². The van der Waals surface area contributed by atoms with E-state index in [2.05, 4.69) is 55.7 Å². The number of rotatable bonds is 8. The Morgan fingerprint density at radius 3 is 2.33 bits per heavy atom. The third kappa shape index (κ3) is 6.16. The molecule has 146 valence electrons. The van der Waals surface area contributed by atoms with Crippen LogP contribution in [0.3, 0.4) is 0 Å². The number of hydrogen-bond donors (Lipinski definition) is 3. The fourth-order valence-corrected chi connectivity index (χ4v) is 3.42. The molecule has 0 saturated carbocycles. The minimum absolute atomic E-state index is 0.0377. The van der Waals surface area contributed by atoms with Crippen LogP contribution >= 0.6 is 0 Å². The highest BCUT2D eigenvalue weighted by molar-refractivity contribution is 7.89. The molecule has 2 aromatic carbocycles. The number of sulfonamides is 1. The van der Waals surface area contributed by atoms with Gasteiger partial charge in [0.15, 0.2) is 0 Å². The first-order valence-corrected chi connectivity index (χ1v) is 10.5. The van der Waals surface area contributed by atoms with Crippen molar-refractivity contribution in [2.24, 2.45) is 11.1 Å². The van der Waals surface area contributed by atoms with Crippen LogP contribution in [0.2, 0.25) is 0 Å². The predicted molar refractivity (Wildman–Crippen MR) is 108 cm³/mol. The number of benzene rings is 2. The Kier molecular flexibility index (Phi) is 7.12. The van der Waals surface area contributed by atoms with Crippen LogP contribution in [-0.4, -0.2) is 20.9 Å². The van der Waals surface area contributed by atoms with Crippen molar-refractivity contribution in [3.8, 4) is 0 Å². The average molecular weight is 390 g/mol. The molecule has 0 spiro atoms. The molecule has 0 aliphatic carbocycles. The number of carbonyl (C=O) groups excluding carboxylic acids is 1. The molecule has 0 aliphatic heterocycles. The summed E-state index contributed by atoms with van der Waals surface area (Å²) in [6.07, 6.45) is 0.986. The van der Waals surface area contributed by atoms with Gasteiger partial charge in [0, 0.05) is 11.7 Å². The number of amides is 1. The molecule has 27 heavy (non-hydrogen) atoms. The number of nitrogens with one attached hydrogen (secondary N) is 2.